The lowest BCUT2D eigenvalue weighted by atomic mass is 10.2. The van der Waals surface area contributed by atoms with Crippen LogP contribution in [0.5, 0.6) is 0 Å². The van der Waals surface area contributed by atoms with Gasteiger partial charge in [-0.15, -0.1) is 0 Å². The van der Waals surface area contributed by atoms with Gasteiger partial charge < -0.3 is 15.1 Å². The van der Waals surface area contributed by atoms with Crippen molar-refractivity contribution in [1.82, 2.24) is 15.0 Å². The molecule has 0 fully saturated rings. The van der Waals surface area contributed by atoms with E-state index in [2.05, 4.69) is 15.5 Å². The summed E-state index contributed by atoms with van der Waals surface area (Å²) in [4.78, 5) is 15.4. The van der Waals surface area contributed by atoms with Crippen LogP contribution in [0.3, 0.4) is 0 Å². The Kier molecular flexibility index (Phi) is 5.12. The number of pyridine rings is 1. The quantitative estimate of drug-likeness (QED) is 0.529. The van der Waals surface area contributed by atoms with E-state index in [1.54, 1.807) is 30.6 Å². The number of carbonyl (C=O) groups is 1. The second kappa shape index (κ2) is 7.65. The van der Waals surface area contributed by atoms with Crippen molar-refractivity contribution in [1.29, 1.82) is 0 Å². The topological polar surface area (TPSA) is 79.5 Å². The van der Waals surface area contributed by atoms with E-state index in [0.717, 1.165) is 28.3 Å². The second-order valence-electron chi connectivity index (χ2n) is 5.93. The molecular formula is C20H20N4O2. The van der Waals surface area contributed by atoms with E-state index in [-0.39, 0.29) is 5.56 Å². The summed E-state index contributed by atoms with van der Waals surface area (Å²) in [7, 11) is 0. The molecule has 2 aromatic heterocycles. The number of carboxylic acids is 1. The number of aromatic nitrogens is 2. The first kappa shape index (κ1) is 17.4. The average Bonchev–Trinajstić information content (AvgIpc) is 2.93. The summed E-state index contributed by atoms with van der Waals surface area (Å²) in [6.45, 7) is 4.52. The van der Waals surface area contributed by atoms with Crippen molar-refractivity contribution in [3.63, 3.8) is 0 Å². The summed E-state index contributed by atoms with van der Waals surface area (Å²) >= 11 is 0. The van der Waals surface area contributed by atoms with Gasteiger partial charge in [-0.1, -0.05) is 12.1 Å². The Bertz CT molecular complexity index is 946. The zero-order chi connectivity index (χ0) is 18.5. The minimum absolute atomic E-state index is 0.266. The van der Waals surface area contributed by atoms with Crippen LogP contribution in [0.4, 0.5) is 0 Å². The maximum absolute atomic E-state index is 11.2. The summed E-state index contributed by atoms with van der Waals surface area (Å²) in [6, 6.07) is 14.7. The number of carboxylic acid groups (broad SMARTS) is 1. The molecule has 0 aliphatic heterocycles. The zero-order valence-electron chi connectivity index (χ0n) is 14.7. The number of nitrogens with one attached hydrogen (secondary N) is 1. The number of aromatic carboxylic acids is 1. The van der Waals surface area contributed by atoms with Crippen LogP contribution in [-0.4, -0.2) is 26.8 Å². The van der Waals surface area contributed by atoms with Crippen LogP contribution < -0.4 is 5.43 Å². The van der Waals surface area contributed by atoms with Crippen molar-refractivity contribution in [3.8, 4) is 5.69 Å². The molecule has 0 aliphatic carbocycles. The van der Waals surface area contributed by atoms with Crippen molar-refractivity contribution in [3.05, 3.63) is 82.9 Å². The molecule has 0 amide bonds. The Morgan fingerprint density at radius 2 is 2.08 bits per heavy atom. The Labute approximate surface area is 151 Å². The van der Waals surface area contributed by atoms with Crippen LogP contribution >= 0.6 is 0 Å². The molecule has 0 saturated carbocycles. The molecule has 3 aromatic rings. The monoisotopic (exact) mass is 348 g/mol. The molecule has 2 N–H and O–H groups in total. The average molecular weight is 348 g/mol. The lowest BCUT2D eigenvalue weighted by Gasteiger charge is -2.10. The summed E-state index contributed by atoms with van der Waals surface area (Å²) in [5.74, 6) is -0.935. The van der Waals surface area contributed by atoms with Crippen molar-refractivity contribution in [2.75, 3.05) is 0 Å². The van der Waals surface area contributed by atoms with E-state index < -0.39 is 5.97 Å². The number of nitrogens with zero attached hydrogens (tertiary/aromatic N) is 3. The first-order valence-corrected chi connectivity index (χ1v) is 8.25. The highest BCUT2D eigenvalue weighted by atomic mass is 16.4. The van der Waals surface area contributed by atoms with Crippen molar-refractivity contribution in [2.45, 2.75) is 20.4 Å². The Morgan fingerprint density at radius 3 is 2.81 bits per heavy atom. The van der Waals surface area contributed by atoms with Crippen molar-refractivity contribution >= 4 is 12.2 Å². The number of rotatable bonds is 6. The van der Waals surface area contributed by atoms with Gasteiger partial charge >= 0.3 is 5.97 Å². The number of aryl methyl sites for hydroxylation is 1. The van der Waals surface area contributed by atoms with Crippen LogP contribution in [-0.2, 0) is 6.54 Å². The summed E-state index contributed by atoms with van der Waals surface area (Å²) in [6.07, 6.45) is 3.52. The van der Waals surface area contributed by atoms with E-state index in [4.69, 9.17) is 0 Å². The van der Waals surface area contributed by atoms with Gasteiger partial charge in [0.2, 0.25) is 0 Å². The maximum Gasteiger partial charge on any atom is 0.335 e. The smallest absolute Gasteiger partial charge is 0.335 e. The predicted molar refractivity (Wildman–Crippen MR) is 101 cm³/mol. The van der Waals surface area contributed by atoms with E-state index in [1.807, 2.05) is 48.7 Å². The Hall–Kier alpha value is -3.41. The summed E-state index contributed by atoms with van der Waals surface area (Å²) < 4.78 is 2.02. The molecular weight excluding hydrogens is 328 g/mol. The van der Waals surface area contributed by atoms with E-state index in [9.17, 15) is 9.90 Å². The third kappa shape index (κ3) is 3.80. The molecule has 0 saturated heterocycles. The fourth-order valence-electron chi connectivity index (χ4n) is 2.84. The first-order chi connectivity index (χ1) is 12.6. The number of hydrazone groups is 1. The fraction of sp³-hybridized carbons (Fsp3) is 0.150. The van der Waals surface area contributed by atoms with Crippen LogP contribution in [0.25, 0.3) is 5.69 Å². The second-order valence-corrected chi connectivity index (χ2v) is 5.93. The van der Waals surface area contributed by atoms with Gasteiger partial charge in [0.15, 0.2) is 0 Å². The molecule has 0 bridgehead atoms. The molecule has 132 valence electrons. The molecule has 6 heteroatoms. The molecule has 0 spiro atoms. The molecule has 0 radical (unpaired) electrons. The van der Waals surface area contributed by atoms with Gasteiger partial charge in [0, 0.05) is 28.8 Å². The van der Waals surface area contributed by atoms with Crippen molar-refractivity contribution in [2.24, 2.45) is 5.10 Å². The molecule has 6 nitrogen and oxygen atoms in total. The van der Waals surface area contributed by atoms with Gasteiger partial charge in [0.25, 0.3) is 0 Å². The van der Waals surface area contributed by atoms with Gasteiger partial charge in [-0.3, -0.25) is 4.98 Å². The van der Waals surface area contributed by atoms with E-state index in [1.165, 1.54) is 0 Å². The normalized spacial score (nSPS) is 11.0. The van der Waals surface area contributed by atoms with E-state index >= 15 is 0 Å². The molecule has 0 atom stereocenters. The van der Waals surface area contributed by atoms with Crippen LogP contribution in [0.15, 0.2) is 59.8 Å². The van der Waals surface area contributed by atoms with Crippen LogP contribution in [0.1, 0.15) is 33.0 Å². The number of hydrogen-bond acceptors (Lipinski definition) is 4. The molecule has 26 heavy (non-hydrogen) atoms. The van der Waals surface area contributed by atoms with E-state index in [0.29, 0.717) is 6.54 Å². The van der Waals surface area contributed by atoms with Crippen molar-refractivity contribution < 1.29 is 9.90 Å². The third-order valence-corrected chi connectivity index (χ3v) is 4.10. The highest BCUT2D eigenvalue weighted by Crippen LogP contribution is 2.20. The zero-order valence-corrected chi connectivity index (χ0v) is 14.7. The molecule has 0 unspecified atom stereocenters. The highest BCUT2D eigenvalue weighted by molar-refractivity contribution is 5.88. The third-order valence-electron chi connectivity index (χ3n) is 4.10. The molecule has 2 heterocycles. The Balaban J connectivity index is 1.78. The van der Waals surface area contributed by atoms with Gasteiger partial charge in [-0.25, -0.2) is 4.79 Å². The first-order valence-electron chi connectivity index (χ1n) is 8.25. The maximum atomic E-state index is 11.2. The lowest BCUT2D eigenvalue weighted by molar-refractivity contribution is 0.0697. The van der Waals surface area contributed by atoms with Gasteiger partial charge in [-0.05, 0) is 50.2 Å². The lowest BCUT2D eigenvalue weighted by Crippen LogP contribution is -2.07. The SMILES string of the molecule is Cc1cc(/C=N/NCc2ccccn2)c(C)n1-c1cccc(C(=O)O)c1. The standard InChI is InChI=1S/C20H20N4O2/c1-14-10-17(12-22-23-13-18-7-3-4-9-21-18)15(2)24(14)19-8-5-6-16(11-19)20(25)26/h3-12,23H,13H2,1-2H3,(H,25,26)/b22-12+. The molecule has 3 rings (SSSR count). The summed E-state index contributed by atoms with van der Waals surface area (Å²) in [5.41, 5.74) is 7.97. The minimum Gasteiger partial charge on any atom is -0.478 e. The van der Waals surface area contributed by atoms with Gasteiger partial charge in [0.1, 0.15) is 0 Å². The van der Waals surface area contributed by atoms with Crippen LogP contribution in [0.2, 0.25) is 0 Å². The minimum atomic E-state index is -0.935. The number of benzene rings is 1. The number of hydrogen-bond donors (Lipinski definition) is 2. The summed E-state index contributed by atoms with van der Waals surface area (Å²) in [5, 5.41) is 13.5. The Morgan fingerprint density at radius 1 is 1.23 bits per heavy atom. The predicted octanol–water partition coefficient (Wildman–Crippen LogP) is 3.31. The molecule has 0 aliphatic rings. The van der Waals surface area contributed by atoms with Gasteiger partial charge in [0.05, 0.1) is 24.0 Å². The highest BCUT2D eigenvalue weighted by Gasteiger charge is 2.11. The largest absolute Gasteiger partial charge is 0.478 e. The molecule has 1 aromatic carbocycles. The van der Waals surface area contributed by atoms with Crippen LogP contribution in [0, 0.1) is 13.8 Å². The fourth-order valence-corrected chi connectivity index (χ4v) is 2.84. The van der Waals surface area contributed by atoms with Gasteiger partial charge in [-0.2, -0.15) is 5.10 Å².